The first-order valence-electron chi connectivity index (χ1n) is 6.90. The summed E-state index contributed by atoms with van der Waals surface area (Å²) in [6.45, 7) is 11.9. The minimum atomic E-state index is 0.815. The molecule has 102 valence electrons. The Morgan fingerprint density at radius 3 is 2.50 bits per heavy atom. The number of nitrogens with zero attached hydrogens (tertiary/aromatic N) is 2. The van der Waals surface area contributed by atoms with Gasteiger partial charge in [0.15, 0.2) is 0 Å². The molecule has 4 heteroatoms. The third kappa shape index (κ3) is 3.34. The molecule has 4 nitrogen and oxygen atoms in total. The molecule has 0 unspecified atom stereocenters. The van der Waals surface area contributed by atoms with Crippen LogP contribution in [-0.2, 0) is 13.1 Å². The second-order valence-corrected chi connectivity index (χ2v) is 5.06. The average molecular weight is 251 g/mol. The number of aryl methyl sites for hydroxylation is 1. The minimum Gasteiger partial charge on any atom is -0.463 e. The van der Waals surface area contributed by atoms with Crippen molar-refractivity contribution in [2.24, 2.45) is 0 Å². The van der Waals surface area contributed by atoms with Gasteiger partial charge in [-0.1, -0.05) is 6.92 Å². The van der Waals surface area contributed by atoms with Gasteiger partial charge in [-0.15, -0.1) is 0 Å². The fourth-order valence-electron chi connectivity index (χ4n) is 2.49. The first-order valence-corrected chi connectivity index (χ1v) is 6.90. The molecule has 0 spiro atoms. The molecule has 1 fully saturated rings. The summed E-state index contributed by atoms with van der Waals surface area (Å²) in [5.74, 6) is 2.17. The predicted molar refractivity (Wildman–Crippen MR) is 73.6 cm³/mol. The lowest BCUT2D eigenvalue weighted by molar-refractivity contribution is 0.125. The second-order valence-electron chi connectivity index (χ2n) is 5.06. The molecule has 2 rings (SSSR count). The van der Waals surface area contributed by atoms with E-state index in [9.17, 15) is 0 Å². The van der Waals surface area contributed by atoms with Gasteiger partial charge < -0.3 is 14.6 Å². The maximum absolute atomic E-state index is 5.89. The zero-order valence-electron chi connectivity index (χ0n) is 11.8. The number of hydrogen-bond donors (Lipinski definition) is 1. The Labute approximate surface area is 110 Å². The Balaban J connectivity index is 1.88. The third-order valence-electron chi connectivity index (χ3n) is 3.70. The summed E-state index contributed by atoms with van der Waals surface area (Å²) in [4.78, 5) is 4.98. The Kier molecular flexibility index (Phi) is 4.80. The third-order valence-corrected chi connectivity index (χ3v) is 3.70. The number of nitrogens with one attached hydrogen (secondary N) is 1. The van der Waals surface area contributed by atoms with E-state index in [4.69, 9.17) is 4.42 Å². The summed E-state index contributed by atoms with van der Waals surface area (Å²) < 4.78 is 5.89. The Morgan fingerprint density at radius 1 is 1.22 bits per heavy atom. The molecule has 0 aliphatic carbocycles. The number of hydrogen-bond acceptors (Lipinski definition) is 4. The normalized spacial score (nSPS) is 18.4. The highest BCUT2D eigenvalue weighted by Crippen LogP contribution is 2.17. The van der Waals surface area contributed by atoms with E-state index in [2.05, 4.69) is 35.0 Å². The van der Waals surface area contributed by atoms with Crippen LogP contribution < -0.4 is 5.32 Å². The van der Waals surface area contributed by atoms with Gasteiger partial charge in [-0.25, -0.2) is 0 Å². The van der Waals surface area contributed by atoms with Crippen LogP contribution in [0, 0.1) is 6.92 Å². The van der Waals surface area contributed by atoms with Gasteiger partial charge in [0.1, 0.15) is 11.5 Å². The van der Waals surface area contributed by atoms with Crippen molar-refractivity contribution in [3.63, 3.8) is 0 Å². The topological polar surface area (TPSA) is 31.6 Å². The molecule has 0 saturated carbocycles. The van der Waals surface area contributed by atoms with Crippen molar-refractivity contribution in [1.82, 2.24) is 15.1 Å². The molecule has 0 atom stereocenters. The van der Waals surface area contributed by atoms with Gasteiger partial charge in [-0.2, -0.15) is 0 Å². The van der Waals surface area contributed by atoms with Crippen LogP contribution in [0.3, 0.4) is 0 Å². The smallest absolute Gasteiger partial charge is 0.120 e. The van der Waals surface area contributed by atoms with Crippen LogP contribution in [0.15, 0.2) is 10.5 Å². The van der Waals surface area contributed by atoms with E-state index in [1.54, 1.807) is 0 Å². The van der Waals surface area contributed by atoms with Gasteiger partial charge in [0.2, 0.25) is 0 Å². The molecule has 0 bridgehead atoms. The number of furan rings is 1. The van der Waals surface area contributed by atoms with Crippen LogP contribution in [0.25, 0.3) is 0 Å². The first kappa shape index (κ1) is 13.6. The van der Waals surface area contributed by atoms with Crippen molar-refractivity contribution in [3.05, 3.63) is 23.2 Å². The van der Waals surface area contributed by atoms with Gasteiger partial charge in [-0.3, -0.25) is 4.90 Å². The van der Waals surface area contributed by atoms with Crippen molar-refractivity contribution in [2.45, 2.75) is 26.9 Å². The summed E-state index contributed by atoms with van der Waals surface area (Å²) >= 11 is 0. The molecular formula is C14H25N3O. The van der Waals surface area contributed by atoms with Crippen LogP contribution in [0.5, 0.6) is 0 Å². The summed E-state index contributed by atoms with van der Waals surface area (Å²) in [5, 5.41) is 3.14. The maximum atomic E-state index is 5.89. The SMILES string of the molecule is CCN1CCN(Cc2cc(C)c(CNC)o2)CC1. The van der Waals surface area contributed by atoms with Crippen LogP contribution in [0.2, 0.25) is 0 Å². The number of rotatable bonds is 5. The standard InChI is InChI=1S/C14H25N3O/c1-4-16-5-7-17(8-6-16)11-13-9-12(2)14(18-13)10-15-3/h9,15H,4-8,10-11H2,1-3H3. The Bertz CT molecular complexity index is 367. The van der Waals surface area contributed by atoms with Crippen LogP contribution in [0.1, 0.15) is 24.0 Å². The lowest BCUT2D eigenvalue weighted by Crippen LogP contribution is -2.45. The van der Waals surface area contributed by atoms with Crippen molar-refractivity contribution >= 4 is 0 Å². The van der Waals surface area contributed by atoms with E-state index in [0.29, 0.717) is 0 Å². The lowest BCUT2D eigenvalue weighted by Gasteiger charge is -2.33. The number of piperazine rings is 1. The highest BCUT2D eigenvalue weighted by Gasteiger charge is 2.17. The quantitative estimate of drug-likeness (QED) is 0.858. The monoisotopic (exact) mass is 251 g/mol. The molecule has 18 heavy (non-hydrogen) atoms. The largest absolute Gasteiger partial charge is 0.463 e. The fourth-order valence-corrected chi connectivity index (χ4v) is 2.49. The number of likely N-dealkylation sites (N-methyl/N-ethyl adjacent to an activating group) is 1. The van der Waals surface area contributed by atoms with Gasteiger partial charge in [-0.05, 0) is 32.1 Å². The predicted octanol–water partition coefficient (Wildman–Crippen LogP) is 1.44. The molecule has 0 amide bonds. The molecule has 2 heterocycles. The van der Waals surface area contributed by atoms with Crippen molar-refractivity contribution < 1.29 is 4.42 Å². The molecule has 1 aliphatic heterocycles. The first-order chi connectivity index (χ1) is 8.72. The minimum absolute atomic E-state index is 0.815. The molecule has 1 N–H and O–H groups in total. The van der Waals surface area contributed by atoms with Gasteiger partial charge in [0, 0.05) is 26.2 Å². The Morgan fingerprint density at radius 2 is 1.89 bits per heavy atom. The average Bonchev–Trinajstić information content (AvgIpc) is 2.71. The fraction of sp³-hybridized carbons (Fsp3) is 0.714. The summed E-state index contributed by atoms with van der Waals surface area (Å²) in [6, 6.07) is 2.18. The zero-order valence-corrected chi connectivity index (χ0v) is 11.8. The van der Waals surface area contributed by atoms with E-state index in [1.807, 2.05) is 7.05 Å². The Hall–Kier alpha value is -0.840. The lowest BCUT2D eigenvalue weighted by atomic mass is 10.2. The molecule has 0 aromatic carbocycles. The van der Waals surface area contributed by atoms with E-state index < -0.39 is 0 Å². The van der Waals surface area contributed by atoms with E-state index in [0.717, 1.165) is 37.7 Å². The molecule has 1 aliphatic rings. The van der Waals surface area contributed by atoms with Crippen molar-refractivity contribution in [3.8, 4) is 0 Å². The van der Waals surface area contributed by atoms with Crippen LogP contribution in [0.4, 0.5) is 0 Å². The maximum Gasteiger partial charge on any atom is 0.120 e. The van der Waals surface area contributed by atoms with E-state index in [-0.39, 0.29) is 0 Å². The molecular weight excluding hydrogens is 226 g/mol. The summed E-state index contributed by atoms with van der Waals surface area (Å²) in [5.41, 5.74) is 1.26. The van der Waals surface area contributed by atoms with Gasteiger partial charge >= 0.3 is 0 Å². The van der Waals surface area contributed by atoms with Crippen LogP contribution >= 0.6 is 0 Å². The zero-order chi connectivity index (χ0) is 13.0. The van der Waals surface area contributed by atoms with E-state index in [1.165, 1.54) is 25.2 Å². The molecule has 1 aromatic heterocycles. The van der Waals surface area contributed by atoms with Gasteiger partial charge in [0.25, 0.3) is 0 Å². The van der Waals surface area contributed by atoms with Crippen molar-refractivity contribution in [1.29, 1.82) is 0 Å². The highest BCUT2D eigenvalue weighted by molar-refractivity contribution is 5.20. The van der Waals surface area contributed by atoms with E-state index >= 15 is 0 Å². The highest BCUT2D eigenvalue weighted by atomic mass is 16.3. The molecule has 1 aromatic rings. The summed E-state index contributed by atoms with van der Waals surface area (Å²) in [7, 11) is 1.95. The second kappa shape index (κ2) is 6.36. The molecule has 1 saturated heterocycles. The molecule has 0 radical (unpaired) electrons. The summed E-state index contributed by atoms with van der Waals surface area (Å²) in [6.07, 6.45) is 0. The van der Waals surface area contributed by atoms with Crippen molar-refractivity contribution in [2.75, 3.05) is 39.8 Å². The van der Waals surface area contributed by atoms with Gasteiger partial charge in [0.05, 0.1) is 13.1 Å². The van der Waals surface area contributed by atoms with Crippen LogP contribution in [-0.4, -0.2) is 49.6 Å².